The van der Waals surface area contributed by atoms with E-state index in [4.69, 9.17) is 4.74 Å². The largest absolute Gasteiger partial charge is 0.496 e. The normalized spacial score (nSPS) is 12.1. The van der Waals surface area contributed by atoms with Crippen LogP contribution in [0.15, 0.2) is 24.3 Å². The summed E-state index contributed by atoms with van der Waals surface area (Å²) in [6.07, 6.45) is 3.08. The molecule has 0 aliphatic heterocycles. The summed E-state index contributed by atoms with van der Waals surface area (Å²) < 4.78 is 16.9. The van der Waals surface area contributed by atoms with Crippen molar-refractivity contribution in [3.05, 3.63) is 29.8 Å². The molecule has 100 valence electrons. The molecular formula is C14H20O3S. The average molecular weight is 268 g/mol. The maximum Gasteiger partial charge on any atom is 0.179 e. The van der Waals surface area contributed by atoms with Crippen LogP contribution in [0, 0.1) is 0 Å². The van der Waals surface area contributed by atoms with Crippen LogP contribution in [-0.4, -0.2) is 28.6 Å². The number of hydrogen-bond acceptors (Lipinski definition) is 3. The van der Waals surface area contributed by atoms with Gasteiger partial charge in [-0.15, -0.1) is 0 Å². The summed E-state index contributed by atoms with van der Waals surface area (Å²) in [6, 6.07) is 7.06. The van der Waals surface area contributed by atoms with E-state index in [0.29, 0.717) is 17.1 Å². The smallest absolute Gasteiger partial charge is 0.179 e. The van der Waals surface area contributed by atoms with Crippen LogP contribution in [0.4, 0.5) is 0 Å². The lowest BCUT2D eigenvalue weighted by atomic mass is 10.1. The molecule has 18 heavy (non-hydrogen) atoms. The highest BCUT2D eigenvalue weighted by atomic mass is 32.2. The highest BCUT2D eigenvalue weighted by Gasteiger charge is 2.14. The minimum absolute atomic E-state index is 0.0874. The summed E-state index contributed by atoms with van der Waals surface area (Å²) in [5, 5.41) is 0. The Bertz CT molecular complexity index is 415. The summed E-state index contributed by atoms with van der Waals surface area (Å²) in [5.41, 5.74) is 0.517. The molecule has 0 fully saturated rings. The van der Waals surface area contributed by atoms with Gasteiger partial charge in [0.1, 0.15) is 5.75 Å². The van der Waals surface area contributed by atoms with Gasteiger partial charge < -0.3 is 4.74 Å². The molecule has 3 nitrogen and oxygen atoms in total. The van der Waals surface area contributed by atoms with E-state index < -0.39 is 10.8 Å². The van der Waals surface area contributed by atoms with Gasteiger partial charge in [0.15, 0.2) is 5.78 Å². The number of para-hydroxylation sites is 1. The first-order valence-corrected chi connectivity index (χ1v) is 7.69. The number of hydrogen-bond donors (Lipinski definition) is 0. The summed E-state index contributed by atoms with van der Waals surface area (Å²) in [6.45, 7) is 2.10. The Labute approximate surface area is 111 Å². The molecule has 0 aliphatic rings. The van der Waals surface area contributed by atoms with Crippen LogP contribution in [0.5, 0.6) is 5.75 Å². The fourth-order valence-corrected chi connectivity index (χ4v) is 2.80. The molecule has 0 radical (unpaired) electrons. The van der Waals surface area contributed by atoms with Crippen molar-refractivity contribution < 1.29 is 13.7 Å². The Hall–Kier alpha value is -1.16. The zero-order chi connectivity index (χ0) is 13.4. The van der Waals surface area contributed by atoms with Crippen molar-refractivity contribution in [3.8, 4) is 5.75 Å². The van der Waals surface area contributed by atoms with E-state index in [0.717, 1.165) is 19.3 Å². The molecule has 0 N–H and O–H groups in total. The van der Waals surface area contributed by atoms with Crippen LogP contribution >= 0.6 is 0 Å². The fraction of sp³-hybridized carbons (Fsp3) is 0.500. The van der Waals surface area contributed by atoms with E-state index in [1.165, 1.54) is 7.11 Å². The minimum Gasteiger partial charge on any atom is -0.496 e. The lowest BCUT2D eigenvalue weighted by Gasteiger charge is -2.07. The molecule has 1 aromatic carbocycles. The van der Waals surface area contributed by atoms with Crippen molar-refractivity contribution >= 4 is 16.6 Å². The molecule has 0 amide bonds. The molecule has 0 saturated carbocycles. The van der Waals surface area contributed by atoms with Gasteiger partial charge in [0.2, 0.25) is 0 Å². The summed E-state index contributed by atoms with van der Waals surface area (Å²) in [4.78, 5) is 12.0. The number of carbonyl (C=O) groups excluding carboxylic acids is 1. The highest BCUT2D eigenvalue weighted by Crippen LogP contribution is 2.18. The van der Waals surface area contributed by atoms with Crippen LogP contribution in [0.1, 0.15) is 36.5 Å². The Morgan fingerprint density at radius 1 is 1.28 bits per heavy atom. The average Bonchev–Trinajstić information content (AvgIpc) is 2.39. The topological polar surface area (TPSA) is 43.4 Å². The Morgan fingerprint density at radius 3 is 2.67 bits per heavy atom. The van der Waals surface area contributed by atoms with Crippen molar-refractivity contribution in [3.63, 3.8) is 0 Å². The molecule has 1 rings (SSSR count). The predicted octanol–water partition coefficient (Wildman–Crippen LogP) is 2.82. The Kier molecular flexibility index (Phi) is 6.65. The number of ether oxygens (including phenoxy) is 1. The van der Waals surface area contributed by atoms with Crippen LogP contribution in [-0.2, 0) is 10.8 Å². The number of rotatable bonds is 8. The van der Waals surface area contributed by atoms with E-state index in [9.17, 15) is 9.00 Å². The van der Waals surface area contributed by atoms with Crippen LogP contribution in [0.25, 0.3) is 0 Å². The predicted molar refractivity (Wildman–Crippen MR) is 74.7 cm³/mol. The van der Waals surface area contributed by atoms with Gasteiger partial charge in [-0.2, -0.15) is 0 Å². The third-order valence-electron chi connectivity index (χ3n) is 2.68. The molecule has 0 aromatic heterocycles. The van der Waals surface area contributed by atoms with Crippen molar-refractivity contribution in [2.45, 2.75) is 26.2 Å². The van der Waals surface area contributed by atoms with Crippen molar-refractivity contribution in [1.29, 1.82) is 0 Å². The van der Waals surface area contributed by atoms with Gasteiger partial charge in [-0.05, 0) is 18.6 Å². The number of carbonyl (C=O) groups is 1. The van der Waals surface area contributed by atoms with Gasteiger partial charge >= 0.3 is 0 Å². The highest BCUT2D eigenvalue weighted by molar-refractivity contribution is 7.85. The van der Waals surface area contributed by atoms with E-state index in [-0.39, 0.29) is 11.5 Å². The second kappa shape index (κ2) is 8.03. The third kappa shape index (κ3) is 4.61. The van der Waals surface area contributed by atoms with E-state index in [2.05, 4.69) is 6.92 Å². The molecule has 0 saturated heterocycles. The standard InChI is InChI=1S/C14H20O3S/c1-3-4-7-10-18(16)11-13(15)12-8-5-6-9-14(12)17-2/h5-6,8-9H,3-4,7,10-11H2,1-2H3. The molecule has 0 spiro atoms. The summed E-state index contributed by atoms with van der Waals surface area (Å²) >= 11 is 0. The first-order chi connectivity index (χ1) is 8.69. The summed E-state index contributed by atoms with van der Waals surface area (Å²) in [5.74, 6) is 1.13. The molecule has 0 heterocycles. The van der Waals surface area contributed by atoms with Gasteiger partial charge in [-0.25, -0.2) is 0 Å². The molecule has 1 unspecified atom stereocenters. The van der Waals surface area contributed by atoms with Gasteiger partial charge in [-0.1, -0.05) is 31.9 Å². The molecule has 0 aliphatic carbocycles. The van der Waals surface area contributed by atoms with E-state index >= 15 is 0 Å². The monoisotopic (exact) mass is 268 g/mol. The van der Waals surface area contributed by atoms with Crippen LogP contribution < -0.4 is 4.74 Å². The first-order valence-electron chi connectivity index (χ1n) is 6.20. The lowest BCUT2D eigenvalue weighted by molar-refractivity contribution is 0.101. The molecule has 4 heteroatoms. The zero-order valence-electron chi connectivity index (χ0n) is 11.0. The van der Waals surface area contributed by atoms with Gasteiger partial charge in [-0.3, -0.25) is 9.00 Å². The first kappa shape index (κ1) is 14.9. The van der Waals surface area contributed by atoms with E-state index in [1.807, 2.05) is 6.07 Å². The maximum atomic E-state index is 12.0. The Morgan fingerprint density at radius 2 is 2.00 bits per heavy atom. The fourth-order valence-electron chi connectivity index (χ4n) is 1.68. The van der Waals surface area contributed by atoms with Gasteiger partial charge in [0, 0.05) is 16.6 Å². The lowest BCUT2D eigenvalue weighted by Crippen LogP contribution is -2.14. The molecule has 1 aromatic rings. The number of unbranched alkanes of at least 4 members (excludes halogenated alkanes) is 2. The van der Waals surface area contributed by atoms with Crippen molar-refractivity contribution in [2.24, 2.45) is 0 Å². The van der Waals surface area contributed by atoms with E-state index in [1.54, 1.807) is 18.2 Å². The molecule has 0 bridgehead atoms. The molecule has 1 atom stereocenters. The Balaban J connectivity index is 2.57. The third-order valence-corrected chi connectivity index (χ3v) is 4.00. The quantitative estimate of drug-likeness (QED) is 0.538. The number of methoxy groups -OCH3 is 1. The number of Topliss-reactive ketones (excluding diaryl/α,β-unsaturated/α-hetero) is 1. The maximum absolute atomic E-state index is 12.0. The number of benzene rings is 1. The van der Waals surface area contributed by atoms with Crippen molar-refractivity contribution in [1.82, 2.24) is 0 Å². The SMILES string of the molecule is CCCCCS(=O)CC(=O)c1ccccc1OC. The summed E-state index contributed by atoms with van der Waals surface area (Å²) in [7, 11) is 0.465. The molecular weight excluding hydrogens is 248 g/mol. The number of ketones is 1. The van der Waals surface area contributed by atoms with Crippen molar-refractivity contribution in [2.75, 3.05) is 18.6 Å². The van der Waals surface area contributed by atoms with Crippen LogP contribution in [0.3, 0.4) is 0 Å². The second-order valence-electron chi connectivity index (χ2n) is 4.12. The van der Waals surface area contributed by atoms with Gasteiger partial charge in [0.25, 0.3) is 0 Å². The second-order valence-corrected chi connectivity index (χ2v) is 5.70. The zero-order valence-corrected chi connectivity index (χ0v) is 11.8. The van der Waals surface area contributed by atoms with Gasteiger partial charge in [0.05, 0.1) is 18.4 Å². The van der Waals surface area contributed by atoms with Crippen LogP contribution in [0.2, 0.25) is 0 Å². The minimum atomic E-state index is -1.07.